The number of nitrogens with zero attached hydrogens (tertiary/aromatic N) is 3. The molecule has 0 saturated carbocycles. The topological polar surface area (TPSA) is 138 Å². The summed E-state index contributed by atoms with van der Waals surface area (Å²) in [4.78, 5) is 34.4. The Bertz CT molecular complexity index is 1070. The molecule has 0 saturated heterocycles. The number of nitro groups is 1. The smallest absolute Gasteiger partial charge is 0.343 e. The van der Waals surface area contributed by atoms with E-state index in [0.29, 0.717) is 5.75 Å². The Morgan fingerprint density at radius 2 is 1.86 bits per heavy atom. The van der Waals surface area contributed by atoms with Gasteiger partial charge in [-0.1, -0.05) is 0 Å². The second kappa shape index (κ2) is 8.84. The van der Waals surface area contributed by atoms with Crippen molar-refractivity contribution in [3.8, 4) is 5.75 Å². The first-order valence-electron chi connectivity index (χ1n) is 8.20. The summed E-state index contributed by atoms with van der Waals surface area (Å²) in [6.07, 6.45) is 1.00. The normalized spacial score (nSPS) is 11.3. The first-order chi connectivity index (χ1) is 13.6. The highest BCUT2D eigenvalue weighted by molar-refractivity contribution is 7.89. The van der Waals surface area contributed by atoms with Crippen LogP contribution in [-0.4, -0.2) is 56.0 Å². The number of carbonyl (C=O) groups excluding carboxylic acids is 1. The molecule has 2 rings (SSSR count). The highest BCUT2D eigenvalue weighted by Gasteiger charge is 2.20. The van der Waals surface area contributed by atoms with Crippen LogP contribution in [-0.2, 0) is 21.3 Å². The van der Waals surface area contributed by atoms with Gasteiger partial charge in [-0.3, -0.25) is 14.9 Å². The van der Waals surface area contributed by atoms with Crippen LogP contribution in [0.15, 0.2) is 46.2 Å². The van der Waals surface area contributed by atoms with Gasteiger partial charge in [-0.05, 0) is 24.3 Å². The Morgan fingerprint density at radius 1 is 1.24 bits per heavy atom. The van der Waals surface area contributed by atoms with Crippen molar-refractivity contribution in [2.24, 2.45) is 0 Å². The first kappa shape index (κ1) is 22.0. The van der Waals surface area contributed by atoms with Crippen molar-refractivity contribution in [3.63, 3.8) is 0 Å². The van der Waals surface area contributed by atoms with Crippen molar-refractivity contribution in [2.75, 3.05) is 27.8 Å². The number of benzene rings is 1. The van der Waals surface area contributed by atoms with E-state index in [-0.39, 0.29) is 18.0 Å². The number of sulfonamides is 1. The van der Waals surface area contributed by atoms with Crippen LogP contribution in [0.3, 0.4) is 0 Å². The lowest BCUT2D eigenvalue weighted by molar-refractivity contribution is -0.385. The lowest BCUT2D eigenvalue weighted by Crippen LogP contribution is -2.28. The van der Waals surface area contributed by atoms with Crippen molar-refractivity contribution in [1.29, 1.82) is 0 Å². The third kappa shape index (κ3) is 4.97. The molecule has 0 spiro atoms. The van der Waals surface area contributed by atoms with Gasteiger partial charge in [-0.15, -0.1) is 0 Å². The Morgan fingerprint density at radius 3 is 2.38 bits per heavy atom. The Labute approximate surface area is 166 Å². The van der Waals surface area contributed by atoms with E-state index in [0.717, 1.165) is 28.2 Å². The first-order valence-corrected chi connectivity index (χ1v) is 9.64. The number of hydrogen-bond donors (Lipinski definition) is 0. The van der Waals surface area contributed by atoms with E-state index in [9.17, 15) is 28.1 Å². The molecule has 0 bridgehead atoms. The van der Waals surface area contributed by atoms with Crippen molar-refractivity contribution in [2.45, 2.75) is 11.4 Å². The molecule has 2 aromatic rings. The number of hydrogen-bond acceptors (Lipinski definition) is 8. The highest BCUT2D eigenvalue weighted by atomic mass is 32.2. The molecule has 1 aromatic heterocycles. The van der Waals surface area contributed by atoms with Gasteiger partial charge in [-0.2, -0.15) is 0 Å². The summed E-state index contributed by atoms with van der Waals surface area (Å²) in [7, 11) is 0.329. The second-order valence-corrected chi connectivity index (χ2v) is 8.12. The molecular weight excluding hydrogens is 406 g/mol. The standard InChI is InChI=1S/C17H19N3O8S/c1-18(2)29(25,26)14-6-4-13(5-7-14)28-9-8-19-11-12(20(23)24)10-15(16(19)21)17(22)27-3/h4-7,10-11H,8-9H2,1-3H3. The van der Waals surface area contributed by atoms with E-state index in [4.69, 9.17) is 4.74 Å². The summed E-state index contributed by atoms with van der Waals surface area (Å²) >= 11 is 0. The summed E-state index contributed by atoms with van der Waals surface area (Å²) in [6, 6.07) is 6.51. The number of aromatic nitrogens is 1. The van der Waals surface area contributed by atoms with Gasteiger partial charge >= 0.3 is 5.97 Å². The van der Waals surface area contributed by atoms with E-state index in [2.05, 4.69) is 4.74 Å². The van der Waals surface area contributed by atoms with Gasteiger partial charge < -0.3 is 14.0 Å². The van der Waals surface area contributed by atoms with Crippen LogP contribution in [0.1, 0.15) is 10.4 Å². The van der Waals surface area contributed by atoms with Gasteiger partial charge in [0.25, 0.3) is 11.2 Å². The molecule has 0 aliphatic heterocycles. The lowest BCUT2D eigenvalue weighted by atomic mass is 10.2. The maximum absolute atomic E-state index is 12.3. The monoisotopic (exact) mass is 425 g/mol. The molecule has 0 atom stereocenters. The van der Waals surface area contributed by atoms with E-state index < -0.39 is 37.7 Å². The quantitative estimate of drug-likeness (QED) is 0.345. The van der Waals surface area contributed by atoms with Gasteiger partial charge in [-0.25, -0.2) is 17.5 Å². The van der Waals surface area contributed by atoms with E-state index >= 15 is 0 Å². The average molecular weight is 425 g/mol. The number of carbonyl (C=O) groups is 1. The molecule has 0 amide bonds. The summed E-state index contributed by atoms with van der Waals surface area (Å²) < 4.78 is 36.1. The molecule has 11 nitrogen and oxygen atoms in total. The Hall–Kier alpha value is -3.25. The third-order valence-corrected chi connectivity index (χ3v) is 5.72. The highest BCUT2D eigenvalue weighted by Crippen LogP contribution is 2.18. The van der Waals surface area contributed by atoms with Crippen LogP contribution < -0.4 is 10.3 Å². The fourth-order valence-electron chi connectivity index (χ4n) is 2.32. The maximum atomic E-state index is 12.3. The van der Waals surface area contributed by atoms with Gasteiger partial charge in [0.2, 0.25) is 10.0 Å². The molecule has 1 heterocycles. The Kier molecular flexibility index (Phi) is 6.72. The molecule has 0 radical (unpaired) electrons. The van der Waals surface area contributed by atoms with Crippen molar-refractivity contribution >= 4 is 21.7 Å². The van der Waals surface area contributed by atoms with Gasteiger partial charge in [0.05, 0.1) is 29.7 Å². The largest absolute Gasteiger partial charge is 0.492 e. The van der Waals surface area contributed by atoms with Crippen LogP contribution in [0.25, 0.3) is 0 Å². The van der Waals surface area contributed by atoms with Gasteiger partial charge in [0, 0.05) is 20.2 Å². The molecule has 156 valence electrons. The zero-order chi connectivity index (χ0) is 21.8. The summed E-state index contributed by atoms with van der Waals surface area (Å²) in [5, 5.41) is 11.0. The number of methoxy groups -OCH3 is 1. The minimum Gasteiger partial charge on any atom is -0.492 e. The van der Waals surface area contributed by atoms with Crippen molar-refractivity contribution < 1.29 is 27.6 Å². The molecule has 0 unspecified atom stereocenters. The molecule has 12 heteroatoms. The van der Waals surface area contributed by atoms with Crippen LogP contribution >= 0.6 is 0 Å². The van der Waals surface area contributed by atoms with E-state index in [1.54, 1.807) is 0 Å². The number of ether oxygens (including phenoxy) is 2. The molecule has 0 fully saturated rings. The predicted molar refractivity (Wildman–Crippen MR) is 102 cm³/mol. The summed E-state index contributed by atoms with van der Waals surface area (Å²) in [5.74, 6) is -0.638. The zero-order valence-corrected chi connectivity index (χ0v) is 16.7. The van der Waals surface area contributed by atoms with Crippen LogP contribution in [0.2, 0.25) is 0 Å². The lowest BCUT2D eigenvalue weighted by Gasteiger charge is -2.12. The number of rotatable bonds is 8. The zero-order valence-electron chi connectivity index (χ0n) is 15.9. The molecule has 0 aliphatic rings. The number of pyridine rings is 1. The second-order valence-electron chi connectivity index (χ2n) is 5.97. The van der Waals surface area contributed by atoms with Crippen molar-refractivity contribution in [1.82, 2.24) is 8.87 Å². The van der Waals surface area contributed by atoms with Crippen LogP contribution in [0, 0.1) is 10.1 Å². The van der Waals surface area contributed by atoms with E-state index in [1.165, 1.54) is 38.4 Å². The average Bonchev–Trinajstić information content (AvgIpc) is 2.68. The van der Waals surface area contributed by atoms with Gasteiger partial charge in [0.15, 0.2) is 0 Å². The van der Waals surface area contributed by atoms with Crippen LogP contribution in [0.5, 0.6) is 5.75 Å². The minimum absolute atomic E-state index is 0.0541. The predicted octanol–water partition coefficient (Wildman–Crippen LogP) is 0.872. The third-order valence-electron chi connectivity index (χ3n) is 3.89. The van der Waals surface area contributed by atoms with Crippen LogP contribution in [0.4, 0.5) is 5.69 Å². The minimum atomic E-state index is -3.57. The fourth-order valence-corrected chi connectivity index (χ4v) is 3.22. The molecule has 0 N–H and O–H groups in total. The molecule has 29 heavy (non-hydrogen) atoms. The summed E-state index contributed by atoms with van der Waals surface area (Å²) in [5.41, 5.74) is -1.65. The number of esters is 1. The van der Waals surface area contributed by atoms with Crippen molar-refractivity contribution in [3.05, 3.63) is 62.6 Å². The van der Waals surface area contributed by atoms with Gasteiger partial charge in [0.1, 0.15) is 17.9 Å². The Balaban J connectivity index is 2.16. The summed E-state index contributed by atoms with van der Waals surface area (Å²) in [6.45, 7) is -0.135. The molecule has 1 aromatic carbocycles. The van der Waals surface area contributed by atoms with E-state index in [1.807, 2.05) is 0 Å². The molecular formula is C17H19N3O8S. The molecule has 0 aliphatic carbocycles. The maximum Gasteiger partial charge on any atom is 0.343 e. The SMILES string of the molecule is COC(=O)c1cc([N+](=O)[O-])cn(CCOc2ccc(S(=O)(=O)N(C)C)cc2)c1=O. The fraction of sp³-hybridized carbons (Fsp3) is 0.294.